The first-order chi connectivity index (χ1) is 8.91. The highest BCUT2D eigenvalue weighted by Crippen LogP contribution is 2.31. The molecule has 2 rings (SSSR count). The average molecular weight is 254 g/mol. The summed E-state index contributed by atoms with van der Waals surface area (Å²) in [4.78, 5) is 0. The third-order valence-corrected chi connectivity index (χ3v) is 4.06. The van der Waals surface area contributed by atoms with Crippen molar-refractivity contribution in [3.05, 3.63) is 69.3 Å². The normalized spacial score (nSPS) is 12.5. The molecule has 0 saturated carbocycles. The van der Waals surface area contributed by atoms with Crippen LogP contribution in [0.25, 0.3) is 0 Å². The van der Waals surface area contributed by atoms with Crippen LogP contribution in [0.15, 0.2) is 30.3 Å². The Morgan fingerprint density at radius 3 is 1.95 bits per heavy atom. The van der Waals surface area contributed by atoms with Gasteiger partial charge in [0.2, 0.25) is 0 Å². The van der Waals surface area contributed by atoms with E-state index in [2.05, 4.69) is 52.8 Å². The maximum absolute atomic E-state index is 10.7. The Kier molecular flexibility index (Phi) is 3.77. The minimum Gasteiger partial charge on any atom is -0.384 e. The SMILES string of the molecule is Cc1cccc(C(O)c2c(C)c(C)cc(C)c2C)c1. The summed E-state index contributed by atoms with van der Waals surface area (Å²) in [6.45, 7) is 10.5. The summed E-state index contributed by atoms with van der Waals surface area (Å²) in [5, 5.41) is 10.7. The number of hydrogen-bond acceptors (Lipinski definition) is 1. The zero-order chi connectivity index (χ0) is 14.2. The van der Waals surface area contributed by atoms with Gasteiger partial charge in [-0.25, -0.2) is 0 Å². The Morgan fingerprint density at radius 1 is 0.842 bits per heavy atom. The highest BCUT2D eigenvalue weighted by molar-refractivity contribution is 5.48. The number of benzene rings is 2. The molecule has 0 aliphatic carbocycles. The van der Waals surface area contributed by atoms with Crippen molar-refractivity contribution in [3.63, 3.8) is 0 Å². The van der Waals surface area contributed by atoms with Gasteiger partial charge in [0.25, 0.3) is 0 Å². The molecule has 1 nitrogen and oxygen atoms in total. The molecule has 0 amide bonds. The van der Waals surface area contributed by atoms with Crippen molar-refractivity contribution >= 4 is 0 Å². The van der Waals surface area contributed by atoms with Gasteiger partial charge in [-0.1, -0.05) is 35.9 Å². The summed E-state index contributed by atoms with van der Waals surface area (Å²) in [5.41, 5.74) is 8.07. The molecule has 0 aliphatic heterocycles. The monoisotopic (exact) mass is 254 g/mol. The zero-order valence-electron chi connectivity index (χ0n) is 12.4. The molecule has 0 bridgehead atoms. The number of aryl methyl sites for hydroxylation is 3. The molecule has 0 aromatic heterocycles. The van der Waals surface area contributed by atoms with Gasteiger partial charge >= 0.3 is 0 Å². The summed E-state index contributed by atoms with van der Waals surface area (Å²) in [6.07, 6.45) is -0.543. The number of aliphatic hydroxyl groups excluding tert-OH is 1. The van der Waals surface area contributed by atoms with Crippen LogP contribution in [0.3, 0.4) is 0 Å². The topological polar surface area (TPSA) is 20.2 Å². The van der Waals surface area contributed by atoms with Crippen LogP contribution in [-0.2, 0) is 0 Å². The maximum atomic E-state index is 10.7. The molecule has 2 aromatic rings. The molecule has 1 N–H and O–H groups in total. The van der Waals surface area contributed by atoms with Crippen LogP contribution >= 0.6 is 0 Å². The quantitative estimate of drug-likeness (QED) is 0.846. The summed E-state index contributed by atoms with van der Waals surface area (Å²) >= 11 is 0. The second kappa shape index (κ2) is 5.18. The Balaban J connectivity index is 2.59. The first-order valence-corrected chi connectivity index (χ1v) is 6.73. The molecule has 0 spiro atoms. The summed E-state index contributed by atoms with van der Waals surface area (Å²) < 4.78 is 0. The fourth-order valence-corrected chi connectivity index (χ4v) is 2.66. The lowest BCUT2D eigenvalue weighted by Gasteiger charge is -2.20. The highest BCUT2D eigenvalue weighted by Gasteiger charge is 2.18. The van der Waals surface area contributed by atoms with E-state index in [4.69, 9.17) is 0 Å². The maximum Gasteiger partial charge on any atom is 0.105 e. The van der Waals surface area contributed by atoms with Crippen molar-refractivity contribution in [2.24, 2.45) is 0 Å². The van der Waals surface area contributed by atoms with Gasteiger partial charge in [0.15, 0.2) is 0 Å². The molecule has 2 aromatic carbocycles. The number of hydrogen-bond donors (Lipinski definition) is 1. The molecule has 19 heavy (non-hydrogen) atoms. The van der Waals surface area contributed by atoms with Crippen LogP contribution in [0.1, 0.15) is 45.0 Å². The highest BCUT2D eigenvalue weighted by atomic mass is 16.3. The smallest absolute Gasteiger partial charge is 0.105 e. The predicted octanol–water partition coefficient (Wildman–Crippen LogP) is 4.31. The summed E-state index contributed by atoms with van der Waals surface area (Å²) in [6, 6.07) is 10.3. The molecule has 0 saturated heterocycles. The van der Waals surface area contributed by atoms with E-state index in [9.17, 15) is 5.11 Å². The van der Waals surface area contributed by atoms with Crippen LogP contribution < -0.4 is 0 Å². The van der Waals surface area contributed by atoms with Crippen LogP contribution in [-0.4, -0.2) is 5.11 Å². The van der Waals surface area contributed by atoms with Crippen molar-refractivity contribution in [1.82, 2.24) is 0 Å². The first-order valence-electron chi connectivity index (χ1n) is 6.73. The van der Waals surface area contributed by atoms with Gasteiger partial charge in [-0.3, -0.25) is 0 Å². The van der Waals surface area contributed by atoms with Crippen LogP contribution in [0, 0.1) is 34.6 Å². The summed E-state index contributed by atoms with van der Waals surface area (Å²) in [7, 11) is 0. The van der Waals surface area contributed by atoms with E-state index < -0.39 is 6.10 Å². The first kappa shape index (κ1) is 13.8. The van der Waals surface area contributed by atoms with Crippen molar-refractivity contribution in [2.45, 2.75) is 40.7 Å². The average Bonchev–Trinajstić information content (AvgIpc) is 2.36. The van der Waals surface area contributed by atoms with Crippen LogP contribution in [0.2, 0.25) is 0 Å². The van der Waals surface area contributed by atoms with E-state index in [-0.39, 0.29) is 0 Å². The van der Waals surface area contributed by atoms with E-state index in [0.29, 0.717) is 0 Å². The third-order valence-electron chi connectivity index (χ3n) is 4.06. The van der Waals surface area contributed by atoms with Gasteiger partial charge in [0.1, 0.15) is 6.10 Å². The van der Waals surface area contributed by atoms with Crippen LogP contribution in [0.5, 0.6) is 0 Å². The number of aliphatic hydroxyl groups is 1. The van der Waals surface area contributed by atoms with Gasteiger partial charge in [0.05, 0.1) is 0 Å². The van der Waals surface area contributed by atoms with Crippen molar-refractivity contribution in [3.8, 4) is 0 Å². The fraction of sp³-hybridized carbons (Fsp3) is 0.333. The third kappa shape index (κ3) is 2.57. The molecule has 0 heterocycles. The molecule has 0 aliphatic rings. The van der Waals surface area contributed by atoms with Crippen molar-refractivity contribution in [1.29, 1.82) is 0 Å². The van der Waals surface area contributed by atoms with Crippen LogP contribution in [0.4, 0.5) is 0 Å². The van der Waals surface area contributed by atoms with Gasteiger partial charge < -0.3 is 5.11 Å². The second-order valence-electron chi connectivity index (χ2n) is 5.49. The van der Waals surface area contributed by atoms with E-state index in [0.717, 1.165) is 11.1 Å². The molecule has 0 fully saturated rings. The predicted molar refractivity (Wildman–Crippen MR) is 80.6 cm³/mol. The fourth-order valence-electron chi connectivity index (χ4n) is 2.66. The van der Waals surface area contributed by atoms with E-state index in [1.54, 1.807) is 0 Å². The Hall–Kier alpha value is -1.60. The lowest BCUT2D eigenvalue weighted by molar-refractivity contribution is 0.218. The van der Waals surface area contributed by atoms with E-state index in [1.807, 2.05) is 12.1 Å². The van der Waals surface area contributed by atoms with E-state index in [1.165, 1.54) is 27.8 Å². The standard InChI is InChI=1S/C18H22O/c1-11-7-6-8-16(9-11)18(19)17-14(4)12(2)10-13(3)15(17)5/h6-10,18-19H,1-5H3. The Labute approximate surface area is 115 Å². The van der Waals surface area contributed by atoms with Crippen molar-refractivity contribution in [2.75, 3.05) is 0 Å². The largest absolute Gasteiger partial charge is 0.384 e. The van der Waals surface area contributed by atoms with Gasteiger partial charge in [-0.05, 0) is 68.0 Å². The molecule has 0 radical (unpaired) electrons. The lowest BCUT2D eigenvalue weighted by atomic mass is 9.88. The molecule has 1 unspecified atom stereocenters. The van der Waals surface area contributed by atoms with Gasteiger partial charge in [-0.2, -0.15) is 0 Å². The van der Waals surface area contributed by atoms with Gasteiger partial charge in [-0.15, -0.1) is 0 Å². The lowest BCUT2D eigenvalue weighted by Crippen LogP contribution is -2.07. The minimum absolute atomic E-state index is 0.543. The Morgan fingerprint density at radius 2 is 1.42 bits per heavy atom. The molecule has 100 valence electrons. The molecular formula is C18H22O. The summed E-state index contributed by atoms with van der Waals surface area (Å²) in [5.74, 6) is 0. The molecule has 1 atom stereocenters. The molecule has 1 heteroatoms. The van der Waals surface area contributed by atoms with Gasteiger partial charge in [0, 0.05) is 0 Å². The van der Waals surface area contributed by atoms with Crippen molar-refractivity contribution < 1.29 is 5.11 Å². The molecular weight excluding hydrogens is 232 g/mol. The van der Waals surface area contributed by atoms with E-state index >= 15 is 0 Å². The minimum atomic E-state index is -0.543. The zero-order valence-corrected chi connectivity index (χ0v) is 12.4. The Bertz CT molecular complexity index is 585. The second-order valence-corrected chi connectivity index (χ2v) is 5.49. The number of rotatable bonds is 2.